The third kappa shape index (κ3) is 2.37. The zero-order valence-electron chi connectivity index (χ0n) is 13.2. The van der Waals surface area contributed by atoms with Crippen LogP contribution in [0, 0.1) is 17.8 Å². The van der Waals surface area contributed by atoms with E-state index < -0.39 is 0 Å². The molecule has 21 heavy (non-hydrogen) atoms. The lowest BCUT2D eigenvalue weighted by Gasteiger charge is -2.57. The second-order valence-electron chi connectivity index (χ2n) is 7.79. The van der Waals surface area contributed by atoms with Gasteiger partial charge < -0.3 is 14.6 Å². The number of imidazole rings is 1. The summed E-state index contributed by atoms with van der Waals surface area (Å²) in [4.78, 5) is 4.59. The van der Waals surface area contributed by atoms with E-state index in [1.165, 1.54) is 38.5 Å². The van der Waals surface area contributed by atoms with Gasteiger partial charge in [-0.3, -0.25) is 0 Å². The molecule has 0 saturated heterocycles. The fraction of sp³-hybridized carbons (Fsp3) is 0.824. The number of nitrogens with zero attached hydrogens (tertiary/aromatic N) is 2. The highest BCUT2D eigenvalue weighted by Gasteiger charge is 2.51. The highest BCUT2D eigenvalue weighted by molar-refractivity contribution is 5.33. The van der Waals surface area contributed by atoms with Crippen LogP contribution in [-0.4, -0.2) is 28.8 Å². The summed E-state index contributed by atoms with van der Waals surface area (Å²) in [6, 6.07) is 0.328. The summed E-state index contributed by atoms with van der Waals surface area (Å²) in [7, 11) is 1.76. The smallest absolute Gasteiger partial charge is 0.203 e. The molecule has 5 rings (SSSR count). The zero-order valence-corrected chi connectivity index (χ0v) is 13.2. The highest BCUT2D eigenvalue weighted by atomic mass is 16.5. The van der Waals surface area contributed by atoms with Gasteiger partial charge in [-0.2, -0.15) is 0 Å². The largest absolute Gasteiger partial charge is 0.383 e. The van der Waals surface area contributed by atoms with Crippen molar-refractivity contribution >= 4 is 5.95 Å². The van der Waals surface area contributed by atoms with Gasteiger partial charge in [-0.05, 0) is 63.2 Å². The number of methoxy groups -OCH3 is 1. The molecular weight excluding hydrogens is 262 g/mol. The average molecular weight is 289 g/mol. The van der Waals surface area contributed by atoms with E-state index in [1.54, 1.807) is 7.11 Å². The number of anilines is 1. The molecule has 0 amide bonds. The van der Waals surface area contributed by atoms with E-state index in [1.807, 2.05) is 6.20 Å². The Morgan fingerprint density at radius 3 is 2.48 bits per heavy atom. The topological polar surface area (TPSA) is 39.1 Å². The fourth-order valence-electron chi connectivity index (χ4n) is 5.59. The van der Waals surface area contributed by atoms with Crippen LogP contribution in [0.4, 0.5) is 5.95 Å². The molecule has 1 aromatic heterocycles. The van der Waals surface area contributed by atoms with Gasteiger partial charge in [-0.1, -0.05) is 0 Å². The normalized spacial score (nSPS) is 38.7. The Kier molecular flexibility index (Phi) is 3.25. The Morgan fingerprint density at radius 1 is 1.29 bits per heavy atom. The van der Waals surface area contributed by atoms with Crippen LogP contribution in [0.25, 0.3) is 0 Å². The molecule has 4 aliphatic rings. The molecule has 1 N–H and O–H groups in total. The van der Waals surface area contributed by atoms with E-state index in [9.17, 15) is 0 Å². The summed E-state index contributed by atoms with van der Waals surface area (Å²) in [5.41, 5.74) is 0.324. The van der Waals surface area contributed by atoms with Crippen molar-refractivity contribution in [2.45, 2.75) is 57.0 Å². The lowest BCUT2D eigenvalue weighted by atomic mass is 9.53. The molecule has 4 heteroatoms. The number of hydrogen-bond donors (Lipinski definition) is 1. The first kappa shape index (κ1) is 13.6. The van der Waals surface area contributed by atoms with Gasteiger partial charge in [0.15, 0.2) is 0 Å². The van der Waals surface area contributed by atoms with Crippen LogP contribution < -0.4 is 5.32 Å². The number of aromatic nitrogens is 2. The minimum atomic E-state index is 0.324. The molecule has 4 nitrogen and oxygen atoms in total. The summed E-state index contributed by atoms with van der Waals surface area (Å²) >= 11 is 0. The molecular formula is C17H27N3O. The van der Waals surface area contributed by atoms with Gasteiger partial charge >= 0.3 is 0 Å². The van der Waals surface area contributed by atoms with E-state index in [-0.39, 0.29) is 0 Å². The van der Waals surface area contributed by atoms with Crippen molar-refractivity contribution in [3.05, 3.63) is 12.4 Å². The van der Waals surface area contributed by atoms with E-state index in [2.05, 4.69) is 28.0 Å². The predicted octanol–water partition coefficient (Wildman–Crippen LogP) is 3.47. The molecule has 0 aromatic carbocycles. The molecule has 1 aromatic rings. The van der Waals surface area contributed by atoms with Crippen molar-refractivity contribution in [1.82, 2.24) is 9.55 Å². The van der Waals surface area contributed by atoms with Crippen molar-refractivity contribution < 1.29 is 4.74 Å². The Bertz CT molecular complexity index is 475. The lowest BCUT2D eigenvalue weighted by Crippen LogP contribution is -2.55. The molecule has 4 fully saturated rings. The van der Waals surface area contributed by atoms with Gasteiger partial charge in [0.25, 0.3) is 0 Å². The molecule has 4 aliphatic carbocycles. The first-order valence-electron chi connectivity index (χ1n) is 8.47. The predicted molar refractivity (Wildman–Crippen MR) is 83.3 cm³/mol. The van der Waals surface area contributed by atoms with Gasteiger partial charge in [0.1, 0.15) is 0 Å². The number of nitrogens with one attached hydrogen (secondary N) is 1. The molecule has 1 atom stereocenters. The Morgan fingerprint density at radius 2 is 1.90 bits per heavy atom. The van der Waals surface area contributed by atoms with Gasteiger partial charge in [-0.15, -0.1) is 0 Å². The zero-order chi connectivity index (χ0) is 14.4. The summed E-state index contributed by atoms with van der Waals surface area (Å²) in [6.07, 6.45) is 12.5. The quantitative estimate of drug-likeness (QED) is 0.902. The standard InChI is InChI=1S/C17H27N3O/c1-12(11-21-2)20-4-3-18-16(20)19-17-8-13-5-14(9-17)7-15(6-13)10-17/h3-4,12-15H,5-11H2,1-2H3,(H,18,19). The molecule has 0 aliphatic heterocycles. The van der Waals surface area contributed by atoms with E-state index in [0.29, 0.717) is 11.6 Å². The van der Waals surface area contributed by atoms with E-state index >= 15 is 0 Å². The summed E-state index contributed by atoms with van der Waals surface area (Å²) in [5.74, 6) is 3.93. The van der Waals surface area contributed by atoms with Crippen LogP contribution in [0.1, 0.15) is 51.5 Å². The fourth-order valence-corrected chi connectivity index (χ4v) is 5.59. The van der Waals surface area contributed by atoms with Crippen LogP contribution in [0.15, 0.2) is 12.4 Å². The second kappa shape index (κ2) is 5.01. The van der Waals surface area contributed by atoms with E-state index in [0.717, 1.165) is 30.3 Å². The molecule has 1 heterocycles. The molecule has 0 radical (unpaired) electrons. The molecule has 0 spiro atoms. The van der Waals surface area contributed by atoms with Crippen molar-refractivity contribution in [1.29, 1.82) is 0 Å². The molecule has 4 saturated carbocycles. The minimum absolute atomic E-state index is 0.324. The van der Waals surface area contributed by atoms with Gasteiger partial charge in [0.05, 0.1) is 12.6 Å². The van der Waals surface area contributed by atoms with E-state index in [4.69, 9.17) is 4.74 Å². The maximum atomic E-state index is 5.30. The monoisotopic (exact) mass is 289 g/mol. The lowest BCUT2D eigenvalue weighted by molar-refractivity contribution is 0.0101. The third-order valence-corrected chi connectivity index (χ3v) is 5.97. The van der Waals surface area contributed by atoms with Crippen LogP contribution in [0.5, 0.6) is 0 Å². The SMILES string of the molecule is COCC(C)n1ccnc1NC12CC3CC(CC(C3)C1)C2. The number of hydrogen-bond acceptors (Lipinski definition) is 3. The average Bonchev–Trinajstić information content (AvgIpc) is 2.84. The van der Waals surface area contributed by atoms with Gasteiger partial charge in [-0.25, -0.2) is 4.98 Å². The van der Waals surface area contributed by atoms with Crippen LogP contribution >= 0.6 is 0 Å². The van der Waals surface area contributed by atoms with Crippen molar-refractivity contribution in [3.63, 3.8) is 0 Å². The molecule has 4 bridgehead atoms. The summed E-state index contributed by atoms with van der Waals surface area (Å²) < 4.78 is 7.54. The first-order valence-corrected chi connectivity index (χ1v) is 8.47. The summed E-state index contributed by atoms with van der Waals surface area (Å²) in [6.45, 7) is 2.92. The number of rotatable bonds is 5. The highest BCUT2D eigenvalue weighted by Crippen LogP contribution is 2.56. The Labute approximate surface area is 127 Å². The van der Waals surface area contributed by atoms with Gasteiger partial charge in [0, 0.05) is 25.0 Å². The first-order chi connectivity index (χ1) is 10.2. The Hall–Kier alpha value is -1.03. The van der Waals surface area contributed by atoms with Crippen molar-refractivity contribution in [2.24, 2.45) is 17.8 Å². The van der Waals surface area contributed by atoms with Crippen molar-refractivity contribution in [3.8, 4) is 0 Å². The molecule has 116 valence electrons. The van der Waals surface area contributed by atoms with Crippen LogP contribution in [0.2, 0.25) is 0 Å². The second-order valence-corrected chi connectivity index (χ2v) is 7.79. The number of ether oxygens (including phenoxy) is 1. The summed E-state index contributed by atoms with van der Waals surface area (Å²) in [5, 5.41) is 3.87. The molecule has 1 unspecified atom stereocenters. The van der Waals surface area contributed by atoms with Crippen LogP contribution in [-0.2, 0) is 4.74 Å². The van der Waals surface area contributed by atoms with Crippen molar-refractivity contribution in [2.75, 3.05) is 19.0 Å². The van der Waals surface area contributed by atoms with Gasteiger partial charge in [0.2, 0.25) is 5.95 Å². The Balaban J connectivity index is 1.55. The minimum Gasteiger partial charge on any atom is -0.383 e. The maximum Gasteiger partial charge on any atom is 0.203 e. The maximum absolute atomic E-state index is 5.30. The third-order valence-electron chi connectivity index (χ3n) is 5.97. The van der Waals surface area contributed by atoms with Crippen LogP contribution in [0.3, 0.4) is 0 Å².